The number of nitrogens with zero attached hydrogens (tertiary/aromatic N) is 2. The molecule has 0 bridgehead atoms. The predicted molar refractivity (Wildman–Crippen MR) is 67.5 cm³/mol. The fraction of sp³-hybridized carbons (Fsp3) is 0.667. The van der Waals surface area contributed by atoms with E-state index < -0.39 is 0 Å². The highest BCUT2D eigenvalue weighted by Gasteiger charge is 2.16. The third-order valence-corrected chi connectivity index (χ3v) is 2.35. The molecule has 0 fully saturated rings. The average molecular weight is 239 g/mol. The van der Waals surface area contributed by atoms with Crippen LogP contribution < -0.4 is 10.1 Å². The minimum Gasteiger partial charge on any atom is -0.478 e. The van der Waals surface area contributed by atoms with Gasteiger partial charge in [-0.3, -0.25) is 0 Å². The van der Waals surface area contributed by atoms with Crippen LogP contribution in [0.15, 0.2) is 6.07 Å². The number of anilines is 1. The fourth-order valence-electron chi connectivity index (χ4n) is 1.20. The standard InChI is InChI=1S/C12H21N3O2/c1-6-17-10-7-9(2)14-11(15-10)13-8-12(3,4)16-5/h7H,6,8H2,1-5H3,(H,13,14,15). The molecular formula is C12H21N3O2. The second-order valence-electron chi connectivity index (χ2n) is 4.42. The molecule has 0 saturated carbocycles. The molecule has 5 nitrogen and oxygen atoms in total. The highest BCUT2D eigenvalue weighted by molar-refractivity contribution is 5.31. The summed E-state index contributed by atoms with van der Waals surface area (Å²) < 4.78 is 10.7. The van der Waals surface area contributed by atoms with Crippen molar-refractivity contribution in [3.8, 4) is 5.88 Å². The lowest BCUT2D eigenvalue weighted by atomic mass is 10.1. The summed E-state index contributed by atoms with van der Waals surface area (Å²) in [5, 5.41) is 3.15. The third kappa shape index (κ3) is 4.56. The first kappa shape index (κ1) is 13.7. The van der Waals surface area contributed by atoms with E-state index in [9.17, 15) is 0 Å². The van der Waals surface area contributed by atoms with Crippen LogP contribution in [0.2, 0.25) is 0 Å². The van der Waals surface area contributed by atoms with Gasteiger partial charge in [0.15, 0.2) is 0 Å². The van der Waals surface area contributed by atoms with Crippen LogP contribution in [-0.2, 0) is 4.74 Å². The lowest BCUT2D eigenvalue weighted by molar-refractivity contribution is 0.0342. The minimum absolute atomic E-state index is 0.251. The topological polar surface area (TPSA) is 56.3 Å². The van der Waals surface area contributed by atoms with Crippen molar-refractivity contribution in [1.29, 1.82) is 0 Å². The van der Waals surface area contributed by atoms with Crippen molar-refractivity contribution in [2.45, 2.75) is 33.3 Å². The van der Waals surface area contributed by atoms with E-state index in [2.05, 4.69) is 15.3 Å². The number of aryl methyl sites for hydroxylation is 1. The van der Waals surface area contributed by atoms with Gasteiger partial charge in [0, 0.05) is 25.4 Å². The van der Waals surface area contributed by atoms with Crippen molar-refractivity contribution >= 4 is 5.95 Å². The van der Waals surface area contributed by atoms with Crippen LogP contribution in [0.25, 0.3) is 0 Å². The number of hydrogen-bond acceptors (Lipinski definition) is 5. The van der Waals surface area contributed by atoms with Crippen molar-refractivity contribution in [3.05, 3.63) is 11.8 Å². The van der Waals surface area contributed by atoms with Crippen molar-refractivity contribution in [2.24, 2.45) is 0 Å². The van der Waals surface area contributed by atoms with Gasteiger partial charge >= 0.3 is 0 Å². The number of nitrogens with one attached hydrogen (secondary N) is 1. The number of hydrogen-bond donors (Lipinski definition) is 1. The van der Waals surface area contributed by atoms with Gasteiger partial charge in [0.25, 0.3) is 0 Å². The smallest absolute Gasteiger partial charge is 0.226 e. The number of rotatable bonds is 6. The minimum atomic E-state index is -0.251. The molecule has 0 radical (unpaired) electrons. The molecule has 0 aliphatic heterocycles. The highest BCUT2D eigenvalue weighted by atomic mass is 16.5. The van der Waals surface area contributed by atoms with Crippen LogP contribution in [0, 0.1) is 6.92 Å². The number of methoxy groups -OCH3 is 1. The predicted octanol–water partition coefficient (Wildman–Crippen LogP) is 2.02. The molecule has 1 heterocycles. The zero-order valence-electron chi connectivity index (χ0n) is 11.2. The van der Waals surface area contributed by atoms with Crippen molar-refractivity contribution in [3.63, 3.8) is 0 Å². The largest absolute Gasteiger partial charge is 0.478 e. The second kappa shape index (κ2) is 5.82. The molecule has 0 saturated heterocycles. The van der Waals surface area contributed by atoms with Crippen LogP contribution in [0.5, 0.6) is 5.88 Å². The molecule has 1 N–H and O–H groups in total. The van der Waals surface area contributed by atoms with E-state index >= 15 is 0 Å². The van der Waals surface area contributed by atoms with Crippen molar-refractivity contribution in [2.75, 3.05) is 25.6 Å². The van der Waals surface area contributed by atoms with Crippen molar-refractivity contribution in [1.82, 2.24) is 9.97 Å². The Balaban J connectivity index is 2.70. The van der Waals surface area contributed by atoms with Gasteiger partial charge in [0.05, 0.1) is 12.2 Å². The van der Waals surface area contributed by atoms with Gasteiger partial charge in [-0.25, -0.2) is 4.98 Å². The third-order valence-electron chi connectivity index (χ3n) is 2.35. The van der Waals surface area contributed by atoms with E-state index in [0.717, 1.165) is 5.69 Å². The Morgan fingerprint density at radius 1 is 1.35 bits per heavy atom. The molecule has 0 aromatic carbocycles. The number of aromatic nitrogens is 2. The van der Waals surface area contributed by atoms with Gasteiger partial charge in [-0.05, 0) is 27.7 Å². The molecule has 0 atom stereocenters. The molecule has 96 valence electrons. The van der Waals surface area contributed by atoms with Crippen LogP contribution in [0.4, 0.5) is 5.95 Å². The molecule has 1 aromatic heterocycles. The van der Waals surface area contributed by atoms with Crippen LogP contribution in [-0.4, -0.2) is 35.8 Å². The molecule has 17 heavy (non-hydrogen) atoms. The Bertz CT molecular complexity index is 367. The maximum Gasteiger partial charge on any atom is 0.226 e. The quantitative estimate of drug-likeness (QED) is 0.823. The first-order chi connectivity index (χ1) is 7.96. The van der Waals surface area contributed by atoms with E-state index in [1.807, 2.05) is 33.8 Å². The molecule has 5 heteroatoms. The second-order valence-corrected chi connectivity index (χ2v) is 4.42. The summed E-state index contributed by atoms with van der Waals surface area (Å²) in [5.41, 5.74) is 0.625. The maximum absolute atomic E-state index is 5.36. The lowest BCUT2D eigenvalue weighted by Crippen LogP contribution is -2.32. The summed E-state index contributed by atoms with van der Waals surface area (Å²) in [6.07, 6.45) is 0. The molecular weight excluding hydrogens is 218 g/mol. The van der Waals surface area contributed by atoms with Crippen LogP contribution >= 0.6 is 0 Å². The Morgan fingerprint density at radius 3 is 2.65 bits per heavy atom. The van der Waals surface area contributed by atoms with Crippen molar-refractivity contribution < 1.29 is 9.47 Å². The summed E-state index contributed by atoms with van der Waals surface area (Å²) in [4.78, 5) is 8.56. The summed E-state index contributed by atoms with van der Waals surface area (Å²) in [6.45, 7) is 9.08. The highest BCUT2D eigenvalue weighted by Crippen LogP contribution is 2.13. The lowest BCUT2D eigenvalue weighted by Gasteiger charge is -2.23. The molecule has 0 spiro atoms. The Morgan fingerprint density at radius 2 is 2.06 bits per heavy atom. The summed E-state index contributed by atoms with van der Waals surface area (Å²) in [5.74, 6) is 1.16. The molecule has 1 rings (SSSR count). The van der Waals surface area contributed by atoms with E-state index in [4.69, 9.17) is 9.47 Å². The van der Waals surface area contributed by atoms with Crippen LogP contribution in [0.3, 0.4) is 0 Å². The summed E-state index contributed by atoms with van der Waals surface area (Å²) >= 11 is 0. The van der Waals surface area contributed by atoms with Gasteiger partial charge in [-0.2, -0.15) is 4.98 Å². The Hall–Kier alpha value is -1.36. The Labute approximate surface area is 103 Å². The average Bonchev–Trinajstić information content (AvgIpc) is 2.26. The molecule has 0 aliphatic rings. The van der Waals surface area contributed by atoms with Gasteiger partial charge in [0.1, 0.15) is 0 Å². The van der Waals surface area contributed by atoms with Gasteiger partial charge in [-0.15, -0.1) is 0 Å². The van der Waals surface area contributed by atoms with Crippen LogP contribution in [0.1, 0.15) is 26.5 Å². The van der Waals surface area contributed by atoms with E-state index in [-0.39, 0.29) is 5.60 Å². The molecule has 0 amide bonds. The van der Waals surface area contributed by atoms with E-state index in [1.165, 1.54) is 0 Å². The summed E-state index contributed by atoms with van der Waals surface area (Å²) in [7, 11) is 1.68. The number of ether oxygens (including phenoxy) is 2. The Kier molecular flexibility index (Phi) is 4.69. The molecule has 1 aromatic rings. The maximum atomic E-state index is 5.36. The SMILES string of the molecule is CCOc1cc(C)nc(NCC(C)(C)OC)n1. The first-order valence-corrected chi connectivity index (χ1v) is 5.74. The molecule has 0 aliphatic carbocycles. The zero-order chi connectivity index (χ0) is 12.9. The molecule has 0 unspecified atom stereocenters. The fourth-order valence-corrected chi connectivity index (χ4v) is 1.20. The normalized spacial score (nSPS) is 11.4. The van der Waals surface area contributed by atoms with Gasteiger partial charge in [0.2, 0.25) is 11.8 Å². The summed E-state index contributed by atoms with van der Waals surface area (Å²) in [6, 6.07) is 1.82. The van der Waals surface area contributed by atoms with E-state index in [1.54, 1.807) is 7.11 Å². The first-order valence-electron chi connectivity index (χ1n) is 5.74. The van der Waals surface area contributed by atoms with E-state index in [0.29, 0.717) is 25.0 Å². The van der Waals surface area contributed by atoms with Gasteiger partial charge < -0.3 is 14.8 Å². The monoisotopic (exact) mass is 239 g/mol. The zero-order valence-corrected chi connectivity index (χ0v) is 11.2. The van der Waals surface area contributed by atoms with Gasteiger partial charge in [-0.1, -0.05) is 0 Å².